The second-order valence-corrected chi connectivity index (χ2v) is 1.25. The molecule has 0 aromatic rings. The van der Waals surface area contributed by atoms with Gasteiger partial charge in [-0.2, -0.15) is 0 Å². The van der Waals surface area contributed by atoms with Gasteiger partial charge >= 0.3 is 6.09 Å². The van der Waals surface area contributed by atoms with Crippen LogP contribution in [-0.2, 0) is 4.74 Å². The lowest BCUT2D eigenvalue weighted by Crippen LogP contribution is -2.19. The van der Waals surface area contributed by atoms with E-state index in [1.807, 2.05) is 0 Å². The van der Waals surface area contributed by atoms with Crippen molar-refractivity contribution in [3.8, 4) is 0 Å². The third-order valence-electron chi connectivity index (χ3n) is 0.707. The van der Waals surface area contributed by atoms with Crippen LogP contribution in [0.2, 0.25) is 0 Å². The Bertz CT molecular complexity index is 141. The summed E-state index contributed by atoms with van der Waals surface area (Å²) < 4.78 is 4.32. The van der Waals surface area contributed by atoms with E-state index < -0.39 is 6.09 Å². The van der Waals surface area contributed by atoms with Gasteiger partial charge in [0.1, 0.15) is 0 Å². The summed E-state index contributed by atoms with van der Waals surface area (Å²) in [7, 11) is 0. The monoisotopic (exact) mass is 116 g/mol. The van der Waals surface area contributed by atoms with Gasteiger partial charge in [0.2, 0.25) is 0 Å². The fraction of sp³-hybridized carbons (Fsp3) is 0.333. The SMILES string of the molecule is O=C1NC(=NO)CO1. The summed E-state index contributed by atoms with van der Waals surface area (Å²) in [5.41, 5.74) is 0. The van der Waals surface area contributed by atoms with E-state index in [0.29, 0.717) is 0 Å². The highest BCUT2D eigenvalue weighted by Crippen LogP contribution is 1.88. The summed E-state index contributed by atoms with van der Waals surface area (Å²) in [5.74, 6) is 0.148. The fourth-order valence-corrected chi connectivity index (χ4v) is 0.378. The number of nitrogens with zero attached hydrogens (tertiary/aromatic N) is 1. The Morgan fingerprint density at radius 3 is 2.88 bits per heavy atom. The summed E-state index contributed by atoms with van der Waals surface area (Å²) in [6, 6.07) is 0. The molecule has 1 rings (SSSR count). The highest BCUT2D eigenvalue weighted by molar-refractivity contribution is 6.00. The maximum atomic E-state index is 10.1. The van der Waals surface area contributed by atoms with Crippen LogP contribution in [0.1, 0.15) is 0 Å². The highest BCUT2D eigenvalue weighted by atomic mass is 16.6. The first-order valence-electron chi connectivity index (χ1n) is 1.97. The molecule has 1 aliphatic rings. The number of alkyl carbamates (subject to hydrolysis) is 1. The Labute approximate surface area is 44.9 Å². The van der Waals surface area contributed by atoms with Crippen LogP contribution in [0.15, 0.2) is 5.16 Å². The molecule has 5 nitrogen and oxygen atoms in total. The molecule has 0 aromatic carbocycles. The predicted molar refractivity (Wildman–Crippen MR) is 23.7 cm³/mol. The molecule has 0 aromatic heterocycles. The molecule has 0 unspecified atom stereocenters. The molecule has 0 radical (unpaired) electrons. The van der Waals surface area contributed by atoms with Gasteiger partial charge in [-0.3, -0.25) is 5.32 Å². The van der Waals surface area contributed by atoms with Crippen molar-refractivity contribution in [2.45, 2.75) is 0 Å². The number of ether oxygens (including phenoxy) is 1. The summed E-state index contributed by atoms with van der Waals surface area (Å²) in [5, 5.41) is 12.8. The Kier molecular flexibility index (Phi) is 1.03. The summed E-state index contributed by atoms with van der Waals surface area (Å²) in [6.07, 6.45) is -0.571. The Morgan fingerprint density at radius 1 is 1.88 bits per heavy atom. The number of hydrogen-bond donors (Lipinski definition) is 2. The number of carbonyl (C=O) groups excluding carboxylic acids is 1. The van der Waals surface area contributed by atoms with Gasteiger partial charge in [-0.05, 0) is 0 Å². The van der Waals surface area contributed by atoms with Gasteiger partial charge in [0.15, 0.2) is 12.4 Å². The molecule has 0 spiro atoms. The van der Waals surface area contributed by atoms with Gasteiger partial charge in [0.25, 0.3) is 0 Å². The van der Waals surface area contributed by atoms with E-state index >= 15 is 0 Å². The molecule has 8 heavy (non-hydrogen) atoms. The van der Waals surface area contributed by atoms with Crippen molar-refractivity contribution in [3.63, 3.8) is 0 Å². The number of carbonyl (C=O) groups is 1. The van der Waals surface area contributed by atoms with E-state index in [2.05, 4.69) is 15.2 Å². The van der Waals surface area contributed by atoms with Gasteiger partial charge in [0, 0.05) is 0 Å². The lowest BCUT2D eigenvalue weighted by molar-refractivity contribution is 0.179. The number of rotatable bonds is 0. The summed E-state index contributed by atoms with van der Waals surface area (Å²) in [6.45, 7) is 0.0370. The minimum absolute atomic E-state index is 0.0370. The third-order valence-corrected chi connectivity index (χ3v) is 0.707. The van der Waals surface area contributed by atoms with Crippen molar-refractivity contribution < 1.29 is 14.7 Å². The molecule has 0 bridgehead atoms. The Balaban J connectivity index is 2.56. The zero-order valence-electron chi connectivity index (χ0n) is 3.92. The molecule has 1 amide bonds. The first kappa shape index (κ1) is 4.89. The van der Waals surface area contributed by atoms with Gasteiger partial charge in [-0.15, -0.1) is 0 Å². The van der Waals surface area contributed by atoms with E-state index in [1.165, 1.54) is 0 Å². The predicted octanol–water partition coefficient (Wildman–Crippen LogP) is -0.486. The van der Waals surface area contributed by atoms with Crippen LogP contribution in [-0.4, -0.2) is 23.7 Å². The van der Waals surface area contributed by atoms with Crippen molar-refractivity contribution in [2.24, 2.45) is 5.16 Å². The molecule has 1 fully saturated rings. The van der Waals surface area contributed by atoms with Crippen molar-refractivity contribution in [2.75, 3.05) is 6.61 Å². The average Bonchev–Trinajstić information content (AvgIpc) is 2.14. The number of amidine groups is 1. The third kappa shape index (κ3) is 0.699. The van der Waals surface area contributed by atoms with Crippen LogP contribution >= 0.6 is 0 Å². The number of hydrogen-bond acceptors (Lipinski definition) is 4. The molecule has 1 aliphatic heterocycles. The quantitative estimate of drug-likeness (QED) is 0.331. The van der Waals surface area contributed by atoms with E-state index in [9.17, 15) is 4.79 Å². The standard InChI is InChI=1S/C3H4N2O3/c6-3-4-2(5-7)1-8-3/h7H,1H2,(H,4,5,6). The van der Waals surface area contributed by atoms with Crippen LogP contribution < -0.4 is 5.32 Å². The largest absolute Gasteiger partial charge is 0.441 e. The molecule has 0 atom stereocenters. The van der Waals surface area contributed by atoms with Crippen molar-refractivity contribution in [1.29, 1.82) is 0 Å². The number of amides is 1. The van der Waals surface area contributed by atoms with Gasteiger partial charge in [-0.25, -0.2) is 4.79 Å². The van der Waals surface area contributed by atoms with Crippen LogP contribution in [0, 0.1) is 0 Å². The summed E-state index contributed by atoms with van der Waals surface area (Å²) in [4.78, 5) is 10.1. The maximum absolute atomic E-state index is 10.1. The lowest BCUT2D eigenvalue weighted by atomic mass is 10.7. The molecule has 1 heterocycles. The number of oxime groups is 1. The van der Waals surface area contributed by atoms with Crippen LogP contribution in [0.4, 0.5) is 4.79 Å². The molecule has 2 N–H and O–H groups in total. The summed E-state index contributed by atoms with van der Waals surface area (Å²) >= 11 is 0. The van der Waals surface area contributed by atoms with Crippen LogP contribution in [0.5, 0.6) is 0 Å². The number of cyclic esters (lactones) is 1. The zero-order chi connectivity index (χ0) is 5.98. The number of nitrogens with one attached hydrogen (secondary N) is 1. The fourth-order valence-electron chi connectivity index (χ4n) is 0.378. The molecular formula is C3H4N2O3. The van der Waals surface area contributed by atoms with E-state index in [4.69, 9.17) is 5.21 Å². The van der Waals surface area contributed by atoms with Crippen LogP contribution in [0.3, 0.4) is 0 Å². The van der Waals surface area contributed by atoms with Crippen molar-refractivity contribution in [1.82, 2.24) is 5.32 Å². The Hall–Kier alpha value is -1.26. The molecule has 1 saturated heterocycles. The molecule has 5 heteroatoms. The lowest BCUT2D eigenvalue weighted by Gasteiger charge is -1.81. The molecule has 0 aliphatic carbocycles. The molecule has 44 valence electrons. The minimum atomic E-state index is -0.571. The second kappa shape index (κ2) is 1.69. The average molecular weight is 116 g/mol. The smallest absolute Gasteiger partial charge is 0.413 e. The first-order valence-corrected chi connectivity index (χ1v) is 1.97. The van der Waals surface area contributed by atoms with E-state index in [1.54, 1.807) is 0 Å². The van der Waals surface area contributed by atoms with Gasteiger partial charge in [0.05, 0.1) is 0 Å². The maximum Gasteiger partial charge on any atom is 0.413 e. The van der Waals surface area contributed by atoms with Gasteiger partial charge in [-0.1, -0.05) is 5.16 Å². The van der Waals surface area contributed by atoms with Gasteiger partial charge < -0.3 is 9.94 Å². The first-order chi connectivity index (χ1) is 3.83. The van der Waals surface area contributed by atoms with E-state index in [0.717, 1.165) is 0 Å². The van der Waals surface area contributed by atoms with E-state index in [-0.39, 0.29) is 12.4 Å². The normalized spacial score (nSPS) is 23.0. The Morgan fingerprint density at radius 2 is 2.62 bits per heavy atom. The van der Waals surface area contributed by atoms with Crippen molar-refractivity contribution >= 4 is 11.9 Å². The minimum Gasteiger partial charge on any atom is -0.441 e. The topological polar surface area (TPSA) is 70.9 Å². The molecular weight excluding hydrogens is 112 g/mol. The highest BCUT2D eigenvalue weighted by Gasteiger charge is 2.16. The van der Waals surface area contributed by atoms with Crippen molar-refractivity contribution in [3.05, 3.63) is 0 Å². The van der Waals surface area contributed by atoms with Crippen LogP contribution in [0.25, 0.3) is 0 Å². The second-order valence-electron chi connectivity index (χ2n) is 1.25. The zero-order valence-corrected chi connectivity index (χ0v) is 3.92. The molecule has 0 saturated carbocycles.